The predicted octanol–water partition coefficient (Wildman–Crippen LogP) is 4.46. The van der Waals surface area contributed by atoms with Gasteiger partial charge in [0.1, 0.15) is 5.75 Å². The lowest BCUT2D eigenvalue weighted by Crippen LogP contribution is -2.38. The van der Waals surface area contributed by atoms with Crippen LogP contribution in [0, 0.1) is 5.92 Å². The standard InChI is InChI=1S/C23H25N3O2S/c1-28-21-8-7-17-10-19(6-5-18(17)11-21)22(27)20-4-3-9-26(15-20)14-16-12-24-23(29-2)25-13-16/h5-8,10-13,20H,3-4,9,14-15H2,1-2H3. The van der Waals surface area contributed by atoms with Crippen LogP contribution in [0.25, 0.3) is 10.8 Å². The van der Waals surface area contributed by atoms with E-state index in [9.17, 15) is 4.79 Å². The molecule has 0 radical (unpaired) electrons. The van der Waals surface area contributed by atoms with Gasteiger partial charge in [-0.25, -0.2) is 9.97 Å². The Kier molecular flexibility index (Phi) is 6.11. The number of carbonyl (C=O) groups is 1. The summed E-state index contributed by atoms with van der Waals surface area (Å²) >= 11 is 1.54. The summed E-state index contributed by atoms with van der Waals surface area (Å²) in [7, 11) is 1.66. The van der Waals surface area contributed by atoms with E-state index < -0.39 is 0 Å². The number of thioether (sulfide) groups is 1. The SMILES string of the molecule is COc1ccc2cc(C(=O)C3CCCN(Cc4cnc(SC)nc4)C3)ccc2c1. The minimum absolute atomic E-state index is 0.0332. The molecule has 6 heteroatoms. The first-order valence-corrected chi connectivity index (χ1v) is 11.1. The molecule has 2 heterocycles. The number of benzene rings is 2. The van der Waals surface area contributed by atoms with Crippen LogP contribution < -0.4 is 4.74 Å². The Morgan fingerprint density at radius 3 is 2.69 bits per heavy atom. The van der Waals surface area contributed by atoms with E-state index in [4.69, 9.17) is 4.74 Å². The van der Waals surface area contributed by atoms with Crippen LogP contribution in [-0.2, 0) is 6.54 Å². The molecule has 0 bridgehead atoms. The molecule has 1 saturated heterocycles. The minimum Gasteiger partial charge on any atom is -0.497 e. The highest BCUT2D eigenvalue weighted by molar-refractivity contribution is 7.98. The molecule has 2 aromatic carbocycles. The van der Waals surface area contributed by atoms with Gasteiger partial charge in [0, 0.05) is 42.5 Å². The lowest BCUT2D eigenvalue weighted by atomic mass is 9.89. The van der Waals surface area contributed by atoms with Gasteiger partial charge in [-0.2, -0.15) is 0 Å². The maximum Gasteiger partial charge on any atom is 0.187 e. The first-order chi connectivity index (χ1) is 14.2. The van der Waals surface area contributed by atoms with Gasteiger partial charge in [0.2, 0.25) is 0 Å². The maximum atomic E-state index is 13.2. The topological polar surface area (TPSA) is 55.3 Å². The first-order valence-electron chi connectivity index (χ1n) is 9.85. The maximum absolute atomic E-state index is 13.2. The molecular weight excluding hydrogens is 382 g/mol. The van der Waals surface area contributed by atoms with Gasteiger partial charge in [-0.1, -0.05) is 30.0 Å². The zero-order chi connectivity index (χ0) is 20.2. The third-order valence-electron chi connectivity index (χ3n) is 5.48. The van der Waals surface area contributed by atoms with Crippen LogP contribution in [0.3, 0.4) is 0 Å². The van der Waals surface area contributed by atoms with Crippen LogP contribution >= 0.6 is 11.8 Å². The molecule has 1 aromatic heterocycles. The number of carbonyl (C=O) groups excluding carboxylic acids is 1. The number of fused-ring (bicyclic) bond motifs is 1. The fraction of sp³-hybridized carbons (Fsp3) is 0.348. The van der Waals surface area contributed by atoms with E-state index >= 15 is 0 Å². The normalized spacial score (nSPS) is 17.4. The van der Waals surface area contributed by atoms with E-state index in [-0.39, 0.29) is 11.7 Å². The Bertz CT molecular complexity index is 1010. The number of aromatic nitrogens is 2. The first kappa shape index (κ1) is 19.9. The van der Waals surface area contributed by atoms with Crippen molar-refractivity contribution in [3.63, 3.8) is 0 Å². The molecule has 0 amide bonds. The van der Waals surface area contributed by atoms with Crippen molar-refractivity contribution in [3.8, 4) is 5.75 Å². The highest BCUT2D eigenvalue weighted by Crippen LogP contribution is 2.26. The van der Waals surface area contributed by atoms with Crippen molar-refractivity contribution < 1.29 is 9.53 Å². The van der Waals surface area contributed by atoms with Crippen molar-refractivity contribution in [1.82, 2.24) is 14.9 Å². The molecule has 1 aliphatic rings. The van der Waals surface area contributed by atoms with Crippen LogP contribution in [-0.4, -0.2) is 47.1 Å². The Morgan fingerprint density at radius 2 is 1.93 bits per heavy atom. The van der Waals surface area contributed by atoms with Gasteiger partial charge < -0.3 is 4.74 Å². The van der Waals surface area contributed by atoms with Gasteiger partial charge in [-0.3, -0.25) is 9.69 Å². The van der Waals surface area contributed by atoms with Gasteiger partial charge in [-0.05, 0) is 54.6 Å². The van der Waals surface area contributed by atoms with Crippen molar-refractivity contribution in [2.45, 2.75) is 24.5 Å². The van der Waals surface area contributed by atoms with E-state index in [2.05, 4.69) is 14.9 Å². The van der Waals surface area contributed by atoms with Crippen molar-refractivity contribution in [2.24, 2.45) is 5.92 Å². The minimum atomic E-state index is 0.0332. The second-order valence-electron chi connectivity index (χ2n) is 7.44. The molecule has 1 unspecified atom stereocenters. The summed E-state index contributed by atoms with van der Waals surface area (Å²) in [5, 5.41) is 2.93. The summed E-state index contributed by atoms with van der Waals surface area (Å²) in [6, 6.07) is 11.9. The number of rotatable bonds is 6. The lowest BCUT2D eigenvalue weighted by molar-refractivity contribution is 0.0811. The fourth-order valence-corrected chi connectivity index (χ4v) is 4.26. The molecule has 29 heavy (non-hydrogen) atoms. The molecule has 0 N–H and O–H groups in total. The molecule has 1 fully saturated rings. The van der Waals surface area contributed by atoms with Crippen molar-refractivity contribution in [3.05, 3.63) is 59.9 Å². The average Bonchev–Trinajstić information content (AvgIpc) is 2.78. The predicted molar refractivity (Wildman–Crippen MR) is 117 cm³/mol. The van der Waals surface area contributed by atoms with E-state index in [1.165, 1.54) is 0 Å². The quantitative estimate of drug-likeness (QED) is 0.342. The number of methoxy groups -OCH3 is 1. The van der Waals surface area contributed by atoms with Crippen LogP contribution in [0.5, 0.6) is 5.75 Å². The fourth-order valence-electron chi connectivity index (χ4n) is 3.94. The molecule has 0 saturated carbocycles. The second kappa shape index (κ2) is 8.93. The Labute approximate surface area is 175 Å². The Balaban J connectivity index is 1.45. The summed E-state index contributed by atoms with van der Waals surface area (Å²) in [6.45, 7) is 2.57. The zero-order valence-electron chi connectivity index (χ0n) is 16.8. The van der Waals surface area contributed by atoms with E-state index in [1.807, 2.05) is 55.0 Å². The Morgan fingerprint density at radius 1 is 1.17 bits per heavy atom. The van der Waals surface area contributed by atoms with Crippen LogP contribution in [0.15, 0.2) is 53.9 Å². The van der Waals surface area contributed by atoms with Gasteiger partial charge in [0.05, 0.1) is 7.11 Å². The number of nitrogens with zero attached hydrogens (tertiary/aromatic N) is 3. The molecule has 1 aliphatic heterocycles. The number of piperidine rings is 1. The summed E-state index contributed by atoms with van der Waals surface area (Å²) in [4.78, 5) is 24.2. The highest BCUT2D eigenvalue weighted by atomic mass is 32.2. The van der Waals surface area contributed by atoms with Crippen LogP contribution in [0.2, 0.25) is 0 Å². The molecular formula is C23H25N3O2S. The van der Waals surface area contributed by atoms with Crippen molar-refractivity contribution in [2.75, 3.05) is 26.5 Å². The van der Waals surface area contributed by atoms with Crippen LogP contribution in [0.4, 0.5) is 0 Å². The van der Waals surface area contributed by atoms with E-state index in [1.54, 1.807) is 18.9 Å². The number of likely N-dealkylation sites (tertiary alicyclic amines) is 1. The summed E-state index contributed by atoms with van der Waals surface area (Å²) in [5.74, 6) is 1.10. The van der Waals surface area contributed by atoms with E-state index in [0.29, 0.717) is 0 Å². The molecule has 4 rings (SSSR count). The van der Waals surface area contributed by atoms with Gasteiger partial charge >= 0.3 is 0 Å². The third-order valence-corrected chi connectivity index (χ3v) is 6.05. The smallest absolute Gasteiger partial charge is 0.187 e. The summed E-state index contributed by atoms with van der Waals surface area (Å²) in [6.07, 6.45) is 7.73. The van der Waals surface area contributed by atoms with Gasteiger partial charge in [-0.15, -0.1) is 0 Å². The second-order valence-corrected chi connectivity index (χ2v) is 8.22. The van der Waals surface area contributed by atoms with Crippen molar-refractivity contribution in [1.29, 1.82) is 0 Å². The van der Waals surface area contributed by atoms with Crippen LogP contribution in [0.1, 0.15) is 28.8 Å². The number of Topliss-reactive ketones (excluding diaryl/α,β-unsaturated/α-hetero) is 1. The molecule has 0 aliphatic carbocycles. The third kappa shape index (κ3) is 4.60. The number of ketones is 1. The average molecular weight is 408 g/mol. The monoisotopic (exact) mass is 407 g/mol. The number of hydrogen-bond acceptors (Lipinski definition) is 6. The summed E-state index contributed by atoms with van der Waals surface area (Å²) in [5.41, 5.74) is 1.89. The molecule has 5 nitrogen and oxygen atoms in total. The number of ether oxygens (including phenoxy) is 1. The molecule has 0 spiro atoms. The number of hydrogen-bond donors (Lipinski definition) is 0. The molecule has 1 atom stereocenters. The molecule has 150 valence electrons. The Hall–Kier alpha value is -2.44. The van der Waals surface area contributed by atoms with Gasteiger partial charge in [0.25, 0.3) is 0 Å². The highest BCUT2D eigenvalue weighted by Gasteiger charge is 2.26. The summed E-state index contributed by atoms with van der Waals surface area (Å²) < 4.78 is 5.29. The largest absolute Gasteiger partial charge is 0.497 e. The van der Waals surface area contributed by atoms with Crippen molar-refractivity contribution >= 4 is 28.3 Å². The van der Waals surface area contributed by atoms with Gasteiger partial charge in [0.15, 0.2) is 10.9 Å². The van der Waals surface area contributed by atoms with E-state index in [0.717, 1.165) is 65.3 Å². The zero-order valence-corrected chi connectivity index (χ0v) is 17.6. The lowest BCUT2D eigenvalue weighted by Gasteiger charge is -2.32. The molecule has 3 aromatic rings.